The number of hydrogen-bond donors (Lipinski definition) is 0. The minimum atomic E-state index is -0.408. The second kappa shape index (κ2) is 9.55. The van der Waals surface area contributed by atoms with Gasteiger partial charge in [0.25, 0.3) is 5.91 Å². The van der Waals surface area contributed by atoms with Gasteiger partial charge in [0.05, 0.1) is 0 Å². The maximum absolute atomic E-state index is 12.7. The number of fused-ring (bicyclic) bond motifs is 1. The number of aromatic nitrogens is 2. The molecule has 2 aromatic carbocycles. The number of aryl methyl sites for hydroxylation is 2. The monoisotopic (exact) mass is 419 g/mol. The predicted octanol–water partition coefficient (Wildman–Crippen LogP) is 3.97. The van der Waals surface area contributed by atoms with E-state index in [1.54, 1.807) is 4.90 Å². The lowest BCUT2D eigenvalue weighted by atomic mass is 9.96. The van der Waals surface area contributed by atoms with Gasteiger partial charge in [-0.1, -0.05) is 53.7 Å². The molecule has 160 valence electrons. The molecule has 31 heavy (non-hydrogen) atoms. The van der Waals surface area contributed by atoms with Crippen LogP contribution in [0.2, 0.25) is 0 Å². The van der Waals surface area contributed by atoms with Crippen molar-refractivity contribution in [2.75, 3.05) is 11.5 Å². The van der Waals surface area contributed by atoms with Gasteiger partial charge in [0.15, 0.2) is 6.61 Å². The molecule has 1 atom stereocenters. The molecule has 0 aliphatic carbocycles. The van der Waals surface area contributed by atoms with Crippen molar-refractivity contribution in [2.45, 2.75) is 45.1 Å². The maximum Gasteiger partial charge on any atom is 0.306 e. The average molecular weight is 419 g/mol. The van der Waals surface area contributed by atoms with Crippen molar-refractivity contribution in [3.05, 3.63) is 66.1 Å². The first-order valence-corrected chi connectivity index (χ1v) is 10.6. The highest BCUT2D eigenvalue weighted by Crippen LogP contribution is 2.30. The number of anilines is 1. The van der Waals surface area contributed by atoms with Crippen LogP contribution in [0.5, 0.6) is 0 Å². The van der Waals surface area contributed by atoms with Gasteiger partial charge in [-0.2, -0.15) is 4.98 Å². The second-order valence-corrected chi connectivity index (χ2v) is 7.67. The van der Waals surface area contributed by atoms with Gasteiger partial charge in [-0.3, -0.25) is 9.59 Å². The topological polar surface area (TPSA) is 85.5 Å². The zero-order chi connectivity index (χ0) is 21.6. The molecule has 1 aromatic heterocycles. The number of amides is 1. The minimum absolute atomic E-state index is 0.0810. The molecule has 1 unspecified atom stereocenters. The van der Waals surface area contributed by atoms with Gasteiger partial charge in [-0.05, 0) is 37.8 Å². The Balaban J connectivity index is 1.24. The van der Waals surface area contributed by atoms with E-state index in [4.69, 9.17) is 9.26 Å². The number of ether oxygens (including phenoxy) is 1. The molecule has 0 fully saturated rings. The maximum atomic E-state index is 12.7. The molecule has 0 saturated heterocycles. The third kappa shape index (κ3) is 4.99. The molecule has 7 nitrogen and oxygen atoms in total. The third-order valence-corrected chi connectivity index (χ3v) is 5.42. The molecule has 4 rings (SSSR count). The van der Waals surface area contributed by atoms with Crippen molar-refractivity contribution in [1.82, 2.24) is 10.1 Å². The fourth-order valence-electron chi connectivity index (χ4n) is 3.80. The van der Waals surface area contributed by atoms with E-state index in [2.05, 4.69) is 10.1 Å². The first-order chi connectivity index (χ1) is 15.1. The first kappa shape index (κ1) is 20.8. The summed E-state index contributed by atoms with van der Waals surface area (Å²) in [5.41, 5.74) is 2.94. The molecular formula is C24H25N3O4. The Labute approximate surface area is 181 Å². The predicted molar refractivity (Wildman–Crippen MR) is 115 cm³/mol. The van der Waals surface area contributed by atoms with E-state index in [1.807, 2.05) is 61.5 Å². The van der Waals surface area contributed by atoms with E-state index in [9.17, 15) is 9.59 Å². The van der Waals surface area contributed by atoms with Gasteiger partial charge in [0, 0.05) is 30.1 Å². The van der Waals surface area contributed by atoms with E-state index in [0.29, 0.717) is 24.6 Å². The molecule has 2 heterocycles. The normalized spacial score (nSPS) is 15.4. The fourth-order valence-corrected chi connectivity index (χ4v) is 3.80. The Bertz CT molecular complexity index is 1050. The van der Waals surface area contributed by atoms with Crippen molar-refractivity contribution < 1.29 is 18.8 Å². The Morgan fingerprint density at radius 3 is 2.74 bits per heavy atom. The van der Waals surface area contributed by atoms with E-state index in [1.165, 1.54) is 0 Å². The van der Waals surface area contributed by atoms with Crippen molar-refractivity contribution in [3.8, 4) is 11.4 Å². The Morgan fingerprint density at radius 1 is 1.13 bits per heavy atom. The molecular weight excluding hydrogens is 394 g/mol. The molecule has 7 heteroatoms. The standard InChI is InChI=1S/C24H25N3O4/c1-17-14-15-18-8-5-6-11-20(18)27(17)22(28)16-30-23(29)13-7-12-21-25-24(26-31-21)19-9-3-2-4-10-19/h2-6,8-11,17H,7,12-16H2,1H3. The van der Waals surface area contributed by atoms with Gasteiger partial charge in [0.1, 0.15) is 0 Å². The van der Waals surface area contributed by atoms with Gasteiger partial charge >= 0.3 is 5.97 Å². The number of nitrogens with zero attached hydrogens (tertiary/aromatic N) is 3. The number of benzene rings is 2. The van der Waals surface area contributed by atoms with Crippen LogP contribution in [0.25, 0.3) is 11.4 Å². The van der Waals surface area contributed by atoms with Gasteiger partial charge in [-0.25, -0.2) is 0 Å². The number of carbonyl (C=O) groups is 2. The summed E-state index contributed by atoms with van der Waals surface area (Å²) < 4.78 is 10.5. The van der Waals surface area contributed by atoms with Crippen molar-refractivity contribution in [2.24, 2.45) is 0 Å². The summed E-state index contributed by atoms with van der Waals surface area (Å²) in [4.78, 5) is 30.9. The van der Waals surface area contributed by atoms with Gasteiger partial charge < -0.3 is 14.2 Å². The largest absolute Gasteiger partial charge is 0.456 e. The molecule has 0 bridgehead atoms. The highest BCUT2D eigenvalue weighted by molar-refractivity contribution is 5.96. The van der Waals surface area contributed by atoms with Crippen LogP contribution >= 0.6 is 0 Å². The zero-order valence-electron chi connectivity index (χ0n) is 17.5. The van der Waals surface area contributed by atoms with Crippen molar-refractivity contribution >= 4 is 17.6 Å². The number of carbonyl (C=O) groups excluding carboxylic acids is 2. The summed E-state index contributed by atoms with van der Waals surface area (Å²) in [5, 5.41) is 3.97. The first-order valence-electron chi connectivity index (χ1n) is 10.6. The number of hydrogen-bond acceptors (Lipinski definition) is 6. The minimum Gasteiger partial charge on any atom is -0.456 e. The summed E-state index contributed by atoms with van der Waals surface area (Å²) in [6.45, 7) is 1.76. The lowest BCUT2D eigenvalue weighted by Gasteiger charge is -2.35. The quantitative estimate of drug-likeness (QED) is 0.539. The Morgan fingerprint density at radius 2 is 1.90 bits per heavy atom. The molecule has 1 amide bonds. The Hall–Kier alpha value is -3.48. The van der Waals surface area contributed by atoms with Crippen LogP contribution in [-0.4, -0.2) is 34.7 Å². The van der Waals surface area contributed by atoms with E-state index in [-0.39, 0.29) is 25.0 Å². The van der Waals surface area contributed by atoms with Gasteiger partial charge in [-0.15, -0.1) is 0 Å². The van der Waals surface area contributed by atoms with Crippen molar-refractivity contribution in [3.63, 3.8) is 0 Å². The van der Waals surface area contributed by atoms with Crippen LogP contribution in [0.15, 0.2) is 59.1 Å². The lowest BCUT2D eigenvalue weighted by Crippen LogP contribution is -2.44. The molecule has 0 saturated carbocycles. The van der Waals surface area contributed by atoms with Crippen LogP contribution < -0.4 is 4.90 Å². The highest BCUT2D eigenvalue weighted by Gasteiger charge is 2.28. The number of esters is 1. The summed E-state index contributed by atoms with van der Waals surface area (Å²) in [6.07, 6.45) is 3.00. The molecule has 0 radical (unpaired) electrons. The Kier molecular flexibility index (Phi) is 6.40. The molecule has 3 aromatic rings. The molecule has 0 N–H and O–H groups in total. The summed E-state index contributed by atoms with van der Waals surface area (Å²) >= 11 is 0. The number of para-hydroxylation sites is 1. The average Bonchev–Trinajstić information content (AvgIpc) is 3.27. The smallest absolute Gasteiger partial charge is 0.306 e. The second-order valence-electron chi connectivity index (χ2n) is 7.67. The lowest BCUT2D eigenvalue weighted by molar-refractivity contribution is -0.148. The molecule has 0 spiro atoms. The van der Waals surface area contributed by atoms with E-state index in [0.717, 1.165) is 29.7 Å². The molecule has 1 aliphatic rings. The van der Waals surface area contributed by atoms with Gasteiger partial charge in [0.2, 0.25) is 11.7 Å². The summed E-state index contributed by atoms with van der Waals surface area (Å²) in [7, 11) is 0. The van der Waals surface area contributed by atoms with Crippen molar-refractivity contribution in [1.29, 1.82) is 0 Å². The summed E-state index contributed by atoms with van der Waals surface area (Å²) in [6, 6.07) is 17.5. The van der Waals surface area contributed by atoms with Crippen LogP contribution in [-0.2, 0) is 27.2 Å². The van der Waals surface area contributed by atoms with Crippen LogP contribution in [0.3, 0.4) is 0 Å². The zero-order valence-corrected chi connectivity index (χ0v) is 17.5. The highest BCUT2D eigenvalue weighted by atomic mass is 16.5. The van der Waals surface area contributed by atoms with E-state index >= 15 is 0 Å². The van der Waals surface area contributed by atoms with Crippen LogP contribution in [0.4, 0.5) is 5.69 Å². The summed E-state index contributed by atoms with van der Waals surface area (Å²) in [5.74, 6) is 0.396. The number of rotatable bonds is 7. The SMILES string of the molecule is CC1CCc2ccccc2N1C(=O)COC(=O)CCCc1nc(-c2ccccc2)no1. The van der Waals surface area contributed by atoms with Crippen LogP contribution in [0, 0.1) is 0 Å². The third-order valence-electron chi connectivity index (χ3n) is 5.42. The fraction of sp³-hybridized carbons (Fsp3) is 0.333. The van der Waals surface area contributed by atoms with Crippen LogP contribution in [0.1, 0.15) is 37.6 Å². The molecule has 1 aliphatic heterocycles. The van der Waals surface area contributed by atoms with E-state index < -0.39 is 5.97 Å².